The highest BCUT2D eigenvalue weighted by Gasteiger charge is 2.06. The lowest BCUT2D eigenvalue weighted by Gasteiger charge is -2.10. The summed E-state index contributed by atoms with van der Waals surface area (Å²) < 4.78 is 0. The molecule has 0 aliphatic carbocycles. The topological polar surface area (TPSA) is 51.8 Å². The van der Waals surface area contributed by atoms with Crippen LogP contribution in [-0.4, -0.2) is 9.97 Å². The van der Waals surface area contributed by atoms with E-state index in [9.17, 15) is 0 Å². The molecule has 1 aromatic heterocycles. The largest absolute Gasteiger partial charge is 0.323 e. The average Bonchev–Trinajstić information content (AvgIpc) is 2.38. The maximum atomic E-state index is 6.05. The van der Waals surface area contributed by atoms with Crippen molar-refractivity contribution in [2.24, 2.45) is 5.73 Å². The minimum absolute atomic E-state index is 0.0109. The van der Waals surface area contributed by atoms with Gasteiger partial charge in [-0.2, -0.15) is 0 Å². The number of nitrogens with zero attached hydrogens (tertiary/aromatic N) is 2. The molecule has 1 aromatic carbocycles. The molecule has 0 bridgehead atoms. The molecule has 0 aliphatic heterocycles. The van der Waals surface area contributed by atoms with E-state index in [2.05, 4.69) is 22.1 Å². The van der Waals surface area contributed by atoms with Gasteiger partial charge in [-0.15, -0.1) is 0 Å². The molecular formula is C13H15N3. The van der Waals surface area contributed by atoms with Crippen molar-refractivity contribution in [3.63, 3.8) is 0 Å². The smallest absolute Gasteiger partial charge is 0.115 e. The van der Waals surface area contributed by atoms with Gasteiger partial charge in [-0.05, 0) is 24.5 Å². The van der Waals surface area contributed by atoms with Crippen molar-refractivity contribution in [2.45, 2.75) is 18.9 Å². The predicted molar refractivity (Wildman–Crippen MR) is 63.7 cm³/mol. The second-order valence-electron chi connectivity index (χ2n) is 3.77. The van der Waals surface area contributed by atoms with Crippen LogP contribution in [0.4, 0.5) is 0 Å². The summed E-state index contributed by atoms with van der Waals surface area (Å²) in [6.07, 6.45) is 5.15. The molecule has 82 valence electrons. The molecule has 1 atom stereocenters. The van der Waals surface area contributed by atoms with Gasteiger partial charge in [-0.25, -0.2) is 9.97 Å². The molecule has 0 amide bonds. The van der Waals surface area contributed by atoms with Gasteiger partial charge in [-0.1, -0.05) is 30.3 Å². The van der Waals surface area contributed by atoms with Crippen molar-refractivity contribution in [1.82, 2.24) is 9.97 Å². The van der Waals surface area contributed by atoms with Crippen molar-refractivity contribution in [1.29, 1.82) is 0 Å². The van der Waals surface area contributed by atoms with Crippen LogP contribution in [0.2, 0.25) is 0 Å². The average molecular weight is 213 g/mol. The van der Waals surface area contributed by atoms with E-state index in [0.29, 0.717) is 0 Å². The van der Waals surface area contributed by atoms with E-state index in [1.807, 2.05) is 24.3 Å². The van der Waals surface area contributed by atoms with Crippen LogP contribution >= 0.6 is 0 Å². The summed E-state index contributed by atoms with van der Waals surface area (Å²) in [5.74, 6) is 0. The highest BCUT2D eigenvalue weighted by atomic mass is 14.8. The monoisotopic (exact) mass is 213 g/mol. The Hall–Kier alpha value is -1.74. The molecule has 16 heavy (non-hydrogen) atoms. The number of nitrogens with two attached hydrogens (primary N) is 1. The second kappa shape index (κ2) is 5.37. The summed E-state index contributed by atoms with van der Waals surface area (Å²) in [6, 6.07) is 12.2. The lowest BCUT2D eigenvalue weighted by atomic mass is 10.0. The molecule has 3 heteroatoms. The van der Waals surface area contributed by atoms with Crippen LogP contribution in [0.5, 0.6) is 0 Å². The van der Waals surface area contributed by atoms with Gasteiger partial charge >= 0.3 is 0 Å². The van der Waals surface area contributed by atoms with Crippen molar-refractivity contribution in [2.75, 3.05) is 0 Å². The van der Waals surface area contributed by atoms with E-state index in [0.717, 1.165) is 18.5 Å². The van der Waals surface area contributed by atoms with Crippen molar-refractivity contribution < 1.29 is 0 Å². The van der Waals surface area contributed by atoms with Gasteiger partial charge in [0.2, 0.25) is 0 Å². The Morgan fingerprint density at radius 3 is 2.62 bits per heavy atom. The minimum atomic E-state index is -0.0109. The first-order valence-electron chi connectivity index (χ1n) is 5.41. The zero-order valence-corrected chi connectivity index (χ0v) is 9.08. The molecule has 0 saturated carbocycles. The normalized spacial score (nSPS) is 12.3. The van der Waals surface area contributed by atoms with Gasteiger partial charge < -0.3 is 5.73 Å². The fourth-order valence-electron chi connectivity index (χ4n) is 1.63. The van der Waals surface area contributed by atoms with E-state index in [1.165, 1.54) is 11.9 Å². The van der Waals surface area contributed by atoms with Crippen LogP contribution in [0, 0.1) is 0 Å². The first-order chi connectivity index (χ1) is 7.86. The van der Waals surface area contributed by atoms with Crippen molar-refractivity contribution >= 4 is 0 Å². The molecule has 0 saturated heterocycles. The molecule has 2 rings (SSSR count). The maximum absolute atomic E-state index is 6.05. The molecular weight excluding hydrogens is 198 g/mol. The third-order valence-corrected chi connectivity index (χ3v) is 2.57. The number of rotatable bonds is 4. The zero-order chi connectivity index (χ0) is 11.2. The first-order valence-corrected chi connectivity index (χ1v) is 5.41. The van der Waals surface area contributed by atoms with Gasteiger partial charge in [0, 0.05) is 12.2 Å². The summed E-state index contributed by atoms with van der Waals surface area (Å²) in [7, 11) is 0. The Kier molecular flexibility index (Phi) is 3.62. The first kappa shape index (κ1) is 10.8. The Bertz CT molecular complexity index is 414. The Labute approximate surface area is 95.4 Å². The fraction of sp³-hybridized carbons (Fsp3) is 0.231. The summed E-state index contributed by atoms with van der Waals surface area (Å²) >= 11 is 0. The van der Waals surface area contributed by atoms with Gasteiger partial charge in [0.15, 0.2) is 0 Å². The third kappa shape index (κ3) is 2.87. The zero-order valence-electron chi connectivity index (χ0n) is 9.08. The Morgan fingerprint density at radius 1 is 1.12 bits per heavy atom. The minimum Gasteiger partial charge on any atom is -0.323 e. The Morgan fingerprint density at radius 2 is 1.94 bits per heavy atom. The van der Waals surface area contributed by atoms with Gasteiger partial charge in [0.1, 0.15) is 6.33 Å². The van der Waals surface area contributed by atoms with E-state index < -0.39 is 0 Å². The SMILES string of the molecule is NC(CCc1ccccc1)c1ccncn1. The summed E-state index contributed by atoms with van der Waals surface area (Å²) in [5, 5.41) is 0. The van der Waals surface area contributed by atoms with Gasteiger partial charge in [0.25, 0.3) is 0 Å². The van der Waals surface area contributed by atoms with Crippen molar-refractivity contribution in [3.05, 3.63) is 60.2 Å². The van der Waals surface area contributed by atoms with Crippen molar-refractivity contribution in [3.8, 4) is 0 Å². The molecule has 1 heterocycles. The van der Waals surface area contributed by atoms with Crippen LogP contribution in [0.25, 0.3) is 0 Å². The predicted octanol–water partition coefficient (Wildman–Crippen LogP) is 2.11. The lowest BCUT2D eigenvalue weighted by molar-refractivity contribution is 0.631. The highest BCUT2D eigenvalue weighted by molar-refractivity contribution is 5.15. The van der Waals surface area contributed by atoms with Crippen LogP contribution in [0.15, 0.2) is 48.9 Å². The van der Waals surface area contributed by atoms with E-state index in [1.54, 1.807) is 6.20 Å². The van der Waals surface area contributed by atoms with E-state index in [-0.39, 0.29) is 6.04 Å². The van der Waals surface area contributed by atoms with Crippen LogP contribution < -0.4 is 5.73 Å². The lowest BCUT2D eigenvalue weighted by Crippen LogP contribution is -2.12. The summed E-state index contributed by atoms with van der Waals surface area (Å²) in [5.41, 5.74) is 8.27. The standard InChI is InChI=1S/C13H15N3/c14-12(13-8-9-15-10-16-13)7-6-11-4-2-1-3-5-11/h1-5,8-10,12H,6-7,14H2. The van der Waals surface area contributed by atoms with Crippen LogP contribution in [0.1, 0.15) is 23.7 Å². The number of aryl methyl sites for hydroxylation is 1. The van der Waals surface area contributed by atoms with Crippen LogP contribution in [0.3, 0.4) is 0 Å². The van der Waals surface area contributed by atoms with Gasteiger partial charge in [0.05, 0.1) is 5.69 Å². The molecule has 0 spiro atoms. The van der Waals surface area contributed by atoms with Crippen LogP contribution in [-0.2, 0) is 6.42 Å². The summed E-state index contributed by atoms with van der Waals surface area (Å²) in [6.45, 7) is 0. The molecule has 0 fully saturated rings. The molecule has 0 radical (unpaired) electrons. The molecule has 1 unspecified atom stereocenters. The van der Waals surface area contributed by atoms with E-state index >= 15 is 0 Å². The highest BCUT2D eigenvalue weighted by Crippen LogP contribution is 2.13. The number of hydrogen-bond donors (Lipinski definition) is 1. The maximum Gasteiger partial charge on any atom is 0.115 e. The molecule has 2 N–H and O–H groups in total. The third-order valence-electron chi connectivity index (χ3n) is 2.57. The quantitative estimate of drug-likeness (QED) is 0.846. The number of hydrogen-bond acceptors (Lipinski definition) is 3. The second-order valence-corrected chi connectivity index (χ2v) is 3.77. The molecule has 0 aliphatic rings. The fourth-order valence-corrected chi connectivity index (χ4v) is 1.63. The number of benzene rings is 1. The Balaban J connectivity index is 1.92. The van der Waals surface area contributed by atoms with E-state index in [4.69, 9.17) is 5.73 Å². The molecule has 3 nitrogen and oxygen atoms in total. The molecule has 2 aromatic rings. The number of aromatic nitrogens is 2. The summed E-state index contributed by atoms with van der Waals surface area (Å²) in [4.78, 5) is 8.03. The van der Waals surface area contributed by atoms with Gasteiger partial charge in [-0.3, -0.25) is 0 Å².